The minimum absolute atomic E-state index is 0.319. The van der Waals surface area contributed by atoms with E-state index in [1.807, 2.05) is 0 Å². The van der Waals surface area contributed by atoms with E-state index >= 15 is 0 Å². The molecule has 0 radical (unpaired) electrons. The van der Waals surface area contributed by atoms with E-state index in [0.717, 1.165) is 12.6 Å². The van der Waals surface area contributed by atoms with Gasteiger partial charge in [0.25, 0.3) is 0 Å². The molecule has 100 valence electrons. The minimum atomic E-state index is 0.319. The van der Waals surface area contributed by atoms with Gasteiger partial charge in [-0.3, -0.25) is 4.90 Å². The number of nitrogens with two attached hydrogens (primary N) is 1. The van der Waals surface area contributed by atoms with E-state index in [2.05, 4.69) is 35.7 Å². The highest BCUT2D eigenvalue weighted by molar-refractivity contribution is 7.99. The van der Waals surface area contributed by atoms with Crippen molar-refractivity contribution < 1.29 is 0 Å². The number of thioether (sulfide) groups is 1. The summed E-state index contributed by atoms with van der Waals surface area (Å²) in [6, 6.07) is 0.724. The molecule has 2 fully saturated rings. The third-order valence-electron chi connectivity index (χ3n) is 4.60. The largest absolute Gasteiger partial charge is 0.329 e. The molecule has 0 aliphatic carbocycles. The summed E-state index contributed by atoms with van der Waals surface area (Å²) in [5.74, 6) is 2.58. The zero-order valence-corrected chi connectivity index (χ0v) is 12.1. The molecule has 1 unspecified atom stereocenters. The molecule has 2 aliphatic heterocycles. The van der Waals surface area contributed by atoms with Crippen LogP contribution in [-0.4, -0.2) is 66.6 Å². The molecule has 0 aromatic carbocycles. The maximum Gasteiger partial charge on any atom is 0.0348 e. The van der Waals surface area contributed by atoms with Crippen LogP contribution in [0, 0.1) is 0 Å². The third kappa shape index (κ3) is 2.98. The lowest BCUT2D eigenvalue weighted by Crippen LogP contribution is -2.60. The second-order valence-corrected chi connectivity index (χ2v) is 6.97. The first kappa shape index (κ1) is 13.7. The van der Waals surface area contributed by atoms with Crippen molar-refractivity contribution in [2.24, 2.45) is 5.73 Å². The number of hydrogen-bond acceptors (Lipinski definition) is 4. The molecule has 0 aromatic rings. The van der Waals surface area contributed by atoms with Crippen LogP contribution in [-0.2, 0) is 0 Å². The molecule has 0 spiro atoms. The van der Waals surface area contributed by atoms with Crippen molar-refractivity contribution in [3.63, 3.8) is 0 Å². The van der Waals surface area contributed by atoms with Gasteiger partial charge in [-0.25, -0.2) is 0 Å². The smallest absolute Gasteiger partial charge is 0.0348 e. The van der Waals surface area contributed by atoms with Crippen LogP contribution < -0.4 is 5.73 Å². The van der Waals surface area contributed by atoms with Gasteiger partial charge >= 0.3 is 0 Å². The van der Waals surface area contributed by atoms with Gasteiger partial charge in [-0.1, -0.05) is 0 Å². The summed E-state index contributed by atoms with van der Waals surface area (Å²) in [7, 11) is 4.42. The topological polar surface area (TPSA) is 32.5 Å². The second kappa shape index (κ2) is 5.91. The summed E-state index contributed by atoms with van der Waals surface area (Å²) in [4.78, 5) is 5.09. The van der Waals surface area contributed by atoms with Gasteiger partial charge < -0.3 is 10.6 Å². The summed E-state index contributed by atoms with van der Waals surface area (Å²) >= 11 is 2.09. The molecule has 0 aromatic heterocycles. The van der Waals surface area contributed by atoms with Crippen LogP contribution >= 0.6 is 11.8 Å². The lowest BCUT2D eigenvalue weighted by molar-refractivity contribution is 0.0294. The van der Waals surface area contributed by atoms with Crippen molar-refractivity contribution in [3.8, 4) is 0 Å². The maximum atomic E-state index is 6.13. The van der Waals surface area contributed by atoms with Gasteiger partial charge in [0.2, 0.25) is 0 Å². The normalized spacial score (nSPS) is 30.7. The molecular formula is C13H27N3S. The highest BCUT2D eigenvalue weighted by Gasteiger charge is 2.39. The molecule has 3 nitrogen and oxygen atoms in total. The molecule has 2 aliphatic rings. The second-order valence-electron chi connectivity index (χ2n) is 5.75. The summed E-state index contributed by atoms with van der Waals surface area (Å²) in [6.45, 7) is 3.31. The highest BCUT2D eigenvalue weighted by Crippen LogP contribution is 2.34. The number of likely N-dealkylation sites (N-methyl/N-ethyl adjacent to an activating group) is 1. The van der Waals surface area contributed by atoms with Crippen LogP contribution in [0.15, 0.2) is 0 Å². The van der Waals surface area contributed by atoms with E-state index in [1.54, 1.807) is 0 Å². The summed E-state index contributed by atoms with van der Waals surface area (Å²) in [5, 5.41) is 0. The predicted molar refractivity (Wildman–Crippen MR) is 76.6 cm³/mol. The Morgan fingerprint density at radius 1 is 1.35 bits per heavy atom. The van der Waals surface area contributed by atoms with Gasteiger partial charge in [-0.15, -0.1) is 0 Å². The number of nitrogens with zero attached hydrogens (tertiary/aromatic N) is 2. The van der Waals surface area contributed by atoms with Gasteiger partial charge in [0.05, 0.1) is 0 Å². The van der Waals surface area contributed by atoms with E-state index in [4.69, 9.17) is 5.73 Å². The standard InChI is InChI=1S/C13H27N3S/c1-15(2)12-4-3-7-16(10-12)13(11-14)5-8-17-9-6-13/h12H,3-11,14H2,1-2H3. The number of piperidine rings is 1. The third-order valence-corrected chi connectivity index (χ3v) is 5.59. The monoisotopic (exact) mass is 257 g/mol. The molecule has 4 heteroatoms. The van der Waals surface area contributed by atoms with Gasteiger partial charge in [-0.2, -0.15) is 11.8 Å². The van der Waals surface area contributed by atoms with E-state index in [0.29, 0.717) is 5.54 Å². The van der Waals surface area contributed by atoms with Crippen molar-refractivity contribution in [1.29, 1.82) is 0 Å². The summed E-state index contributed by atoms with van der Waals surface area (Å²) < 4.78 is 0. The van der Waals surface area contributed by atoms with Crippen molar-refractivity contribution in [2.45, 2.75) is 37.3 Å². The first-order chi connectivity index (χ1) is 8.18. The summed E-state index contributed by atoms with van der Waals surface area (Å²) in [5.41, 5.74) is 6.45. The Kier molecular flexibility index (Phi) is 4.75. The van der Waals surface area contributed by atoms with Gasteiger partial charge in [0, 0.05) is 24.7 Å². The van der Waals surface area contributed by atoms with Crippen LogP contribution in [0.2, 0.25) is 0 Å². The van der Waals surface area contributed by atoms with Crippen LogP contribution in [0.4, 0.5) is 0 Å². The van der Waals surface area contributed by atoms with Crippen molar-refractivity contribution >= 4 is 11.8 Å². The first-order valence-corrected chi connectivity index (χ1v) is 8.03. The SMILES string of the molecule is CN(C)C1CCCN(C2(CN)CCSCC2)C1. The van der Waals surface area contributed by atoms with E-state index in [-0.39, 0.29) is 0 Å². The number of rotatable bonds is 3. The molecule has 2 N–H and O–H groups in total. The molecule has 2 rings (SSSR count). The molecule has 0 bridgehead atoms. The van der Waals surface area contributed by atoms with Crippen LogP contribution in [0.1, 0.15) is 25.7 Å². The van der Waals surface area contributed by atoms with Crippen molar-refractivity contribution in [2.75, 3.05) is 45.2 Å². The number of likely N-dealkylation sites (tertiary alicyclic amines) is 1. The Labute approximate surface area is 110 Å². The zero-order valence-electron chi connectivity index (χ0n) is 11.3. The Bertz CT molecular complexity index is 239. The van der Waals surface area contributed by atoms with Gasteiger partial charge in [-0.05, 0) is 57.8 Å². The lowest BCUT2D eigenvalue weighted by atomic mass is 9.87. The van der Waals surface area contributed by atoms with Crippen LogP contribution in [0.3, 0.4) is 0 Å². The molecule has 0 amide bonds. The maximum absolute atomic E-state index is 6.13. The molecule has 2 saturated heterocycles. The molecule has 2 heterocycles. The molecule has 0 saturated carbocycles. The average Bonchev–Trinajstić information content (AvgIpc) is 2.39. The fourth-order valence-corrected chi connectivity index (χ4v) is 4.46. The fourth-order valence-electron chi connectivity index (χ4n) is 3.21. The minimum Gasteiger partial charge on any atom is -0.329 e. The van der Waals surface area contributed by atoms with E-state index in [1.165, 1.54) is 50.3 Å². The van der Waals surface area contributed by atoms with Crippen LogP contribution in [0.5, 0.6) is 0 Å². The Morgan fingerprint density at radius 2 is 2.06 bits per heavy atom. The quantitative estimate of drug-likeness (QED) is 0.824. The van der Waals surface area contributed by atoms with Gasteiger partial charge in [0.15, 0.2) is 0 Å². The Balaban J connectivity index is 2.03. The fraction of sp³-hybridized carbons (Fsp3) is 1.00. The zero-order chi connectivity index (χ0) is 12.3. The van der Waals surface area contributed by atoms with Crippen molar-refractivity contribution in [1.82, 2.24) is 9.80 Å². The highest BCUT2D eigenvalue weighted by atomic mass is 32.2. The van der Waals surface area contributed by atoms with Crippen molar-refractivity contribution in [3.05, 3.63) is 0 Å². The lowest BCUT2D eigenvalue weighted by Gasteiger charge is -2.50. The molecule has 17 heavy (non-hydrogen) atoms. The predicted octanol–water partition coefficient (Wildman–Crippen LogP) is 1.24. The summed E-state index contributed by atoms with van der Waals surface area (Å²) in [6.07, 6.45) is 5.25. The van der Waals surface area contributed by atoms with E-state index in [9.17, 15) is 0 Å². The first-order valence-electron chi connectivity index (χ1n) is 6.87. The van der Waals surface area contributed by atoms with Gasteiger partial charge in [0.1, 0.15) is 0 Å². The average molecular weight is 257 g/mol. The Hall–Kier alpha value is 0.230. The Morgan fingerprint density at radius 3 is 2.65 bits per heavy atom. The van der Waals surface area contributed by atoms with Crippen LogP contribution in [0.25, 0.3) is 0 Å². The number of hydrogen-bond donors (Lipinski definition) is 1. The molecular weight excluding hydrogens is 230 g/mol. The molecule has 1 atom stereocenters. The van der Waals surface area contributed by atoms with E-state index < -0.39 is 0 Å².